The van der Waals surface area contributed by atoms with E-state index in [9.17, 15) is 14.4 Å². The maximum absolute atomic E-state index is 13.3. The Morgan fingerprint density at radius 2 is 2.06 bits per heavy atom. The highest BCUT2D eigenvalue weighted by Crippen LogP contribution is 2.39. The molecule has 3 amide bonds. The number of amides is 3. The number of hydrogen-bond donors (Lipinski definition) is 1. The summed E-state index contributed by atoms with van der Waals surface area (Å²) in [6, 6.07) is 9.04. The monoisotopic (exact) mass is 484 g/mol. The highest BCUT2D eigenvalue weighted by molar-refractivity contribution is 8.13. The van der Waals surface area contributed by atoms with Crippen LogP contribution in [0.15, 0.2) is 41.4 Å². The van der Waals surface area contributed by atoms with Crippen molar-refractivity contribution in [3.63, 3.8) is 0 Å². The summed E-state index contributed by atoms with van der Waals surface area (Å²) >= 11 is 0. The number of anilines is 1. The molecule has 0 radical (unpaired) electrons. The van der Waals surface area contributed by atoms with Crippen molar-refractivity contribution in [1.29, 1.82) is 0 Å². The molecule has 1 N–H and O–H groups in total. The Morgan fingerprint density at radius 3 is 2.76 bits per heavy atom. The Balaban J connectivity index is 1.52. The van der Waals surface area contributed by atoms with Gasteiger partial charge in [0.1, 0.15) is 11.3 Å². The average molecular weight is 485 g/mol. The molecule has 4 rings (SSSR count). The van der Waals surface area contributed by atoms with Crippen molar-refractivity contribution >= 4 is 39.6 Å². The number of nitrogens with zero attached hydrogens (tertiary/aromatic N) is 3. The van der Waals surface area contributed by atoms with Crippen molar-refractivity contribution < 1.29 is 19.1 Å². The van der Waals surface area contributed by atoms with Crippen molar-refractivity contribution in [2.75, 3.05) is 25.5 Å². The number of rotatable bonds is 3. The Bertz CT molecular complexity index is 1160. The molecular weight excluding hydrogens is 452 g/mol. The first-order valence-electron chi connectivity index (χ1n) is 11.5. The van der Waals surface area contributed by atoms with Crippen LogP contribution in [0.3, 0.4) is 0 Å². The number of likely N-dealkylation sites (N-methyl/N-ethyl adjacent to an activating group) is 1. The zero-order valence-corrected chi connectivity index (χ0v) is 21.1. The highest BCUT2D eigenvalue weighted by Gasteiger charge is 2.34. The smallest absolute Gasteiger partial charge is 0.410 e. The van der Waals surface area contributed by atoms with E-state index < -0.39 is 16.3 Å². The zero-order chi connectivity index (χ0) is 24.6. The quantitative estimate of drug-likeness (QED) is 0.653. The topological polar surface area (TPSA) is 83.9 Å². The second kappa shape index (κ2) is 9.29. The van der Waals surface area contributed by atoms with Crippen LogP contribution in [0.4, 0.5) is 10.5 Å². The number of likely N-dealkylation sites (tertiary alicyclic amines) is 1. The number of carbonyl (C=O) groups is 3. The summed E-state index contributed by atoms with van der Waals surface area (Å²) in [4.78, 5) is 43.0. The fourth-order valence-electron chi connectivity index (χ4n) is 4.40. The first-order chi connectivity index (χ1) is 16.1. The van der Waals surface area contributed by atoms with Crippen LogP contribution in [0.25, 0.3) is 0 Å². The summed E-state index contributed by atoms with van der Waals surface area (Å²) in [5.41, 5.74) is 1.17. The predicted molar refractivity (Wildman–Crippen MR) is 135 cm³/mol. The van der Waals surface area contributed by atoms with E-state index in [2.05, 4.69) is 10.7 Å². The molecule has 2 aromatic rings. The van der Waals surface area contributed by atoms with Gasteiger partial charge in [-0.2, -0.15) is 0 Å². The summed E-state index contributed by atoms with van der Waals surface area (Å²) < 4.78 is 7.50. The van der Waals surface area contributed by atoms with Crippen LogP contribution in [-0.4, -0.2) is 68.8 Å². The predicted octanol–water partition coefficient (Wildman–Crippen LogP) is 4.44. The van der Waals surface area contributed by atoms with E-state index in [-0.39, 0.29) is 23.9 Å². The van der Waals surface area contributed by atoms with Gasteiger partial charge in [-0.15, -0.1) is 0 Å². The molecule has 1 aromatic carbocycles. The van der Waals surface area contributed by atoms with Crippen LogP contribution >= 0.6 is 10.7 Å². The molecule has 2 aliphatic heterocycles. The molecule has 0 bridgehead atoms. The standard InChI is InChI=1S/C25H32N4O4S/c1-6-34-21-12-11-17(15-19(21)26-22(30)20-10-8-14-29(20)34)23(31)27(5)16-18-9-7-13-28(18)24(32)33-25(2,3)4/h6,8,10-12,14-15,18H,7,9,13,16H2,1-5H3,(H,26,30). The normalized spacial score (nSPS) is 19.8. The maximum atomic E-state index is 13.3. The summed E-state index contributed by atoms with van der Waals surface area (Å²) in [5.74, 6) is -0.350. The molecular formula is C25H32N4O4S. The number of benzene rings is 1. The van der Waals surface area contributed by atoms with Gasteiger partial charge in [-0.3, -0.25) is 13.6 Å². The molecule has 2 atom stereocenters. The molecule has 1 aromatic heterocycles. The molecule has 0 saturated carbocycles. The Labute approximate surface area is 202 Å². The summed E-state index contributed by atoms with van der Waals surface area (Å²) in [7, 11) is 1.31. The van der Waals surface area contributed by atoms with Crippen molar-refractivity contribution in [3.8, 4) is 0 Å². The van der Waals surface area contributed by atoms with Gasteiger partial charge >= 0.3 is 6.09 Å². The maximum Gasteiger partial charge on any atom is 0.410 e. The lowest BCUT2D eigenvalue weighted by Gasteiger charge is -2.31. The third kappa shape index (κ3) is 4.75. The Kier molecular flexibility index (Phi) is 6.58. The van der Waals surface area contributed by atoms with Crippen molar-refractivity contribution in [2.45, 2.75) is 57.1 Å². The number of carbonyl (C=O) groups excluding carboxylic acids is 3. The molecule has 1 saturated heterocycles. The van der Waals surface area contributed by atoms with E-state index in [4.69, 9.17) is 4.74 Å². The van der Waals surface area contributed by atoms with Gasteiger partial charge in [0, 0.05) is 36.8 Å². The molecule has 3 heterocycles. The summed E-state index contributed by atoms with van der Waals surface area (Å²) in [5, 5.41) is 5.02. The molecule has 1 fully saturated rings. The van der Waals surface area contributed by atoms with Gasteiger partial charge < -0.3 is 19.9 Å². The lowest BCUT2D eigenvalue weighted by molar-refractivity contribution is 0.0199. The average Bonchev–Trinajstić information content (AvgIpc) is 3.41. The molecule has 2 aliphatic rings. The fraction of sp³-hybridized carbons (Fsp3) is 0.440. The number of hydrogen-bond acceptors (Lipinski definition) is 4. The van der Waals surface area contributed by atoms with Crippen LogP contribution in [0.5, 0.6) is 0 Å². The number of ether oxygens (including phenoxy) is 1. The molecule has 34 heavy (non-hydrogen) atoms. The number of aromatic nitrogens is 1. The van der Waals surface area contributed by atoms with Gasteiger partial charge in [-0.05, 0) is 76.2 Å². The van der Waals surface area contributed by atoms with E-state index in [1.54, 1.807) is 29.0 Å². The van der Waals surface area contributed by atoms with Crippen LogP contribution in [0, 0.1) is 0 Å². The van der Waals surface area contributed by atoms with Gasteiger partial charge in [-0.25, -0.2) is 4.79 Å². The number of nitrogens with one attached hydrogen (secondary N) is 1. The first kappa shape index (κ1) is 24.1. The van der Waals surface area contributed by atoms with E-state index in [0.717, 1.165) is 17.7 Å². The largest absolute Gasteiger partial charge is 0.444 e. The second-order valence-corrected chi connectivity index (χ2v) is 11.5. The third-order valence-corrected chi connectivity index (χ3v) is 7.91. The van der Waals surface area contributed by atoms with Gasteiger partial charge in [0.15, 0.2) is 0 Å². The molecule has 2 unspecified atom stereocenters. The molecule has 8 nitrogen and oxygen atoms in total. The van der Waals surface area contributed by atoms with E-state index in [0.29, 0.717) is 30.0 Å². The molecule has 0 spiro atoms. The Morgan fingerprint density at radius 1 is 1.29 bits per heavy atom. The summed E-state index contributed by atoms with van der Waals surface area (Å²) in [6.45, 7) is 8.56. The molecule has 0 aliphatic carbocycles. The van der Waals surface area contributed by atoms with Crippen molar-refractivity contribution in [1.82, 2.24) is 13.8 Å². The lowest BCUT2D eigenvalue weighted by atomic mass is 10.1. The Hall–Kier alpha value is -3.07. The molecule has 182 valence electrons. The SMILES string of the molecule is C/C=S1/c2ccc(C(=O)N(C)CC3CCCN3C(=O)OC(C)(C)C)cc2NC(=O)c2cccn21. The fourth-order valence-corrected chi connectivity index (χ4v) is 6.19. The number of fused-ring (bicyclic) bond motifs is 2. The van der Waals surface area contributed by atoms with Crippen LogP contribution in [0.1, 0.15) is 61.4 Å². The van der Waals surface area contributed by atoms with Crippen LogP contribution in [0.2, 0.25) is 0 Å². The van der Waals surface area contributed by atoms with E-state index in [1.807, 2.05) is 56.1 Å². The zero-order valence-electron chi connectivity index (χ0n) is 20.3. The van der Waals surface area contributed by atoms with Gasteiger partial charge in [0.05, 0.1) is 11.7 Å². The van der Waals surface area contributed by atoms with E-state index in [1.165, 1.54) is 0 Å². The van der Waals surface area contributed by atoms with Gasteiger partial charge in [0.2, 0.25) is 0 Å². The molecule has 9 heteroatoms. The van der Waals surface area contributed by atoms with E-state index >= 15 is 0 Å². The lowest BCUT2D eigenvalue weighted by Crippen LogP contribution is -2.45. The van der Waals surface area contributed by atoms with Gasteiger partial charge in [0.25, 0.3) is 11.8 Å². The van der Waals surface area contributed by atoms with Crippen molar-refractivity contribution in [3.05, 3.63) is 47.8 Å². The van der Waals surface area contributed by atoms with Crippen molar-refractivity contribution in [2.24, 2.45) is 0 Å². The highest BCUT2D eigenvalue weighted by atomic mass is 32.2. The summed E-state index contributed by atoms with van der Waals surface area (Å²) in [6.07, 6.45) is 3.27. The minimum Gasteiger partial charge on any atom is -0.444 e. The van der Waals surface area contributed by atoms with Crippen LogP contribution in [-0.2, 0) is 4.74 Å². The van der Waals surface area contributed by atoms with Gasteiger partial charge in [-0.1, -0.05) is 10.7 Å². The third-order valence-electron chi connectivity index (χ3n) is 5.92. The second-order valence-electron chi connectivity index (χ2n) is 9.59. The minimum atomic E-state index is -0.562. The minimum absolute atomic E-state index is 0.0872. The first-order valence-corrected chi connectivity index (χ1v) is 12.7. The van der Waals surface area contributed by atoms with Crippen LogP contribution < -0.4 is 5.32 Å².